The molecule has 3 N–H and O–H groups in total. The molecule has 5 atom stereocenters. The Morgan fingerprint density at radius 1 is 1.16 bits per heavy atom. The minimum Gasteiger partial charge on any atom is -0.475 e. The molecular weight excluding hydrogens is 605 g/mol. The number of ether oxygens (including phenoxy) is 1. The molecule has 9 nitrogen and oxygen atoms in total. The van der Waals surface area contributed by atoms with E-state index in [-0.39, 0.29) is 42.6 Å². The zero-order valence-corrected chi connectivity index (χ0v) is 26.5. The SMILES string of the molecule is CC(C)Oc1ccc([C@H](c2ccc(Cl)cc2)[C@H](N)C(=O)Cc2cncc(F)c2CC[C@H]2CN[C@@H]3CCCS(=O)(=O)N2C3)cn1. The minimum atomic E-state index is -3.37. The zero-order chi connectivity index (χ0) is 31.4. The number of nitrogens with one attached hydrogen (secondary N) is 1. The van der Waals surface area contributed by atoms with Crippen LogP contribution in [0.3, 0.4) is 0 Å². The van der Waals surface area contributed by atoms with E-state index in [1.54, 1.807) is 28.7 Å². The van der Waals surface area contributed by atoms with Crippen molar-refractivity contribution in [1.82, 2.24) is 19.6 Å². The van der Waals surface area contributed by atoms with Gasteiger partial charge in [-0.15, -0.1) is 0 Å². The lowest BCUT2D eigenvalue weighted by Gasteiger charge is -2.37. The van der Waals surface area contributed by atoms with Crippen LogP contribution in [0.25, 0.3) is 0 Å². The Labute approximate surface area is 263 Å². The molecule has 12 heteroatoms. The molecule has 2 saturated heterocycles. The molecule has 5 rings (SSSR count). The maximum Gasteiger partial charge on any atom is 0.214 e. The van der Waals surface area contributed by atoms with Gasteiger partial charge in [0.25, 0.3) is 0 Å². The predicted octanol–water partition coefficient (Wildman–Crippen LogP) is 4.03. The monoisotopic (exact) mass is 643 g/mol. The predicted molar refractivity (Wildman–Crippen MR) is 168 cm³/mol. The molecule has 0 saturated carbocycles. The van der Waals surface area contributed by atoms with Crippen molar-refractivity contribution in [3.8, 4) is 5.88 Å². The van der Waals surface area contributed by atoms with Crippen LogP contribution in [-0.2, 0) is 27.7 Å². The van der Waals surface area contributed by atoms with Crippen molar-refractivity contribution >= 4 is 27.4 Å². The number of hydrogen-bond donors (Lipinski definition) is 2. The van der Waals surface area contributed by atoms with Crippen molar-refractivity contribution < 1.29 is 22.3 Å². The molecule has 2 bridgehead atoms. The van der Waals surface area contributed by atoms with Crippen molar-refractivity contribution in [2.75, 3.05) is 18.8 Å². The molecule has 0 aliphatic carbocycles. The standard InChI is InChI=1S/C32H39ClFN5O4S/c1-20(2)43-30-12-7-22(16-38-30)31(21-5-8-24(33)9-6-21)32(35)29(40)14-23-15-36-18-28(34)27(23)11-10-26-17-37-25-4-3-13-44(41,42)39(26)19-25/h5-9,12,15-16,18,20,25-26,31-32,37H,3-4,10-11,13-14,17,19,35H2,1-2H3/t25-,26+,31+,32-/m1/s1. The number of aromatic nitrogens is 2. The fourth-order valence-electron chi connectivity index (χ4n) is 6.15. The second kappa shape index (κ2) is 14.0. The highest BCUT2D eigenvalue weighted by atomic mass is 35.5. The molecule has 2 aromatic heterocycles. The number of fused-ring (bicyclic) bond motifs is 2. The highest BCUT2D eigenvalue weighted by molar-refractivity contribution is 7.89. The smallest absolute Gasteiger partial charge is 0.214 e. The van der Waals surface area contributed by atoms with Crippen LogP contribution in [0.4, 0.5) is 4.39 Å². The van der Waals surface area contributed by atoms with Gasteiger partial charge in [0.2, 0.25) is 15.9 Å². The van der Waals surface area contributed by atoms with Gasteiger partial charge in [-0.1, -0.05) is 29.8 Å². The van der Waals surface area contributed by atoms with Gasteiger partial charge in [0.05, 0.1) is 24.1 Å². The summed E-state index contributed by atoms with van der Waals surface area (Å²) in [7, 11) is -3.37. The summed E-state index contributed by atoms with van der Waals surface area (Å²) in [6.07, 6.45) is 6.22. The third-order valence-corrected chi connectivity index (χ3v) is 10.6. The molecular formula is C32H39ClFN5O4S. The summed E-state index contributed by atoms with van der Waals surface area (Å²) in [5, 5.41) is 4.00. The summed E-state index contributed by atoms with van der Waals surface area (Å²) in [6.45, 7) is 4.76. The van der Waals surface area contributed by atoms with Crippen molar-refractivity contribution in [3.63, 3.8) is 0 Å². The van der Waals surface area contributed by atoms with Crippen LogP contribution < -0.4 is 15.8 Å². The van der Waals surface area contributed by atoms with Crippen LogP contribution in [0, 0.1) is 5.82 Å². The van der Waals surface area contributed by atoms with E-state index >= 15 is 4.39 Å². The van der Waals surface area contributed by atoms with Gasteiger partial charge in [-0.2, -0.15) is 4.31 Å². The van der Waals surface area contributed by atoms with E-state index in [0.29, 0.717) is 48.0 Å². The first kappa shape index (κ1) is 32.4. The van der Waals surface area contributed by atoms with E-state index in [0.717, 1.165) is 23.7 Å². The Balaban J connectivity index is 1.36. The first-order chi connectivity index (χ1) is 21.0. The molecule has 0 radical (unpaired) electrons. The number of halogens is 2. The number of carbonyl (C=O) groups is 1. The Hall–Kier alpha value is -2.96. The Morgan fingerprint density at radius 2 is 1.91 bits per heavy atom. The molecule has 0 spiro atoms. The first-order valence-electron chi connectivity index (χ1n) is 15.0. The number of benzene rings is 1. The fraction of sp³-hybridized carbons (Fsp3) is 0.469. The second-order valence-corrected chi connectivity index (χ2v) is 14.4. The number of rotatable bonds is 11. The normalized spacial score (nSPS) is 22.6. The number of sulfonamides is 1. The van der Waals surface area contributed by atoms with Gasteiger partial charge in [0, 0.05) is 61.0 Å². The molecule has 3 aromatic rings. The minimum absolute atomic E-state index is 0.0432. The lowest BCUT2D eigenvalue weighted by molar-refractivity contribution is -0.119. The lowest BCUT2D eigenvalue weighted by atomic mass is 9.82. The Morgan fingerprint density at radius 3 is 2.61 bits per heavy atom. The van der Waals surface area contributed by atoms with E-state index in [1.165, 1.54) is 6.20 Å². The van der Waals surface area contributed by atoms with Crippen LogP contribution >= 0.6 is 11.6 Å². The molecule has 44 heavy (non-hydrogen) atoms. The summed E-state index contributed by atoms with van der Waals surface area (Å²) < 4.78 is 48.3. The van der Waals surface area contributed by atoms with Crippen molar-refractivity contribution in [2.24, 2.45) is 5.73 Å². The highest BCUT2D eigenvalue weighted by Gasteiger charge is 2.38. The second-order valence-electron chi connectivity index (χ2n) is 11.9. The molecule has 2 aliphatic rings. The number of ketones is 1. The molecule has 0 amide bonds. The van der Waals surface area contributed by atoms with Gasteiger partial charge in [-0.3, -0.25) is 9.78 Å². The van der Waals surface area contributed by atoms with Gasteiger partial charge < -0.3 is 15.8 Å². The van der Waals surface area contributed by atoms with Gasteiger partial charge in [-0.05, 0) is 73.9 Å². The summed E-state index contributed by atoms with van der Waals surface area (Å²) in [6, 6.07) is 9.59. The van der Waals surface area contributed by atoms with Gasteiger partial charge >= 0.3 is 0 Å². The highest BCUT2D eigenvalue weighted by Crippen LogP contribution is 2.31. The Bertz CT molecular complexity index is 1560. The average Bonchev–Trinajstić information content (AvgIpc) is 3.10. The third kappa shape index (κ3) is 7.63. The van der Waals surface area contributed by atoms with Crippen LogP contribution in [0.2, 0.25) is 5.02 Å². The molecule has 236 valence electrons. The average molecular weight is 644 g/mol. The van der Waals surface area contributed by atoms with Crippen LogP contribution in [-0.4, -0.2) is 71.5 Å². The Kier molecular flexibility index (Phi) is 10.3. The van der Waals surface area contributed by atoms with E-state index in [9.17, 15) is 13.2 Å². The van der Waals surface area contributed by atoms with E-state index in [2.05, 4.69) is 15.3 Å². The van der Waals surface area contributed by atoms with Crippen molar-refractivity contribution in [3.05, 3.63) is 88.1 Å². The van der Waals surface area contributed by atoms with Crippen molar-refractivity contribution in [2.45, 2.75) is 76.1 Å². The summed E-state index contributed by atoms with van der Waals surface area (Å²) in [5.41, 5.74) is 8.98. The third-order valence-electron chi connectivity index (χ3n) is 8.38. The largest absolute Gasteiger partial charge is 0.475 e. The van der Waals surface area contributed by atoms with Gasteiger partial charge in [0.1, 0.15) is 5.82 Å². The van der Waals surface area contributed by atoms with E-state index < -0.39 is 27.8 Å². The number of hydrogen-bond acceptors (Lipinski definition) is 8. The molecule has 4 heterocycles. The number of nitrogens with zero attached hydrogens (tertiary/aromatic N) is 3. The molecule has 2 aliphatic heterocycles. The number of pyridine rings is 2. The van der Waals surface area contributed by atoms with Crippen molar-refractivity contribution in [1.29, 1.82) is 0 Å². The van der Waals surface area contributed by atoms with E-state index in [4.69, 9.17) is 22.1 Å². The first-order valence-corrected chi connectivity index (χ1v) is 17.0. The van der Waals surface area contributed by atoms with Gasteiger partial charge in [0.15, 0.2) is 5.78 Å². The fourth-order valence-corrected chi connectivity index (χ4v) is 8.08. The number of nitrogens with two attached hydrogens (primary N) is 1. The summed E-state index contributed by atoms with van der Waals surface area (Å²) >= 11 is 6.14. The summed E-state index contributed by atoms with van der Waals surface area (Å²) in [4.78, 5) is 22.2. The molecule has 1 unspecified atom stereocenters. The van der Waals surface area contributed by atoms with Crippen LogP contribution in [0.1, 0.15) is 61.3 Å². The van der Waals surface area contributed by atoms with Crippen LogP contribution in [0.5, 0.6) is 5.88 Å². The number of Topliss-reactive ketones (excluding diaryl/α,β-unsaturated/α-hetero) is 1. The molecule has 2 fully saturated rings. The number of piperazine rings is 1. The van der Waals surface area contributed by atoms with Crippen LogP contribution in [0.15, 0.2) is 55.0 Å². The maximum absolute atomic E-state index is 15.2. The lowest BCUT2D eigenvalue weighted by Crippen LogP contribution is -2.57. The quantitative estimate of drug-likeness (QED) is 0.321. The molecule has 1 aromatic carbocycles. The maximum atomic E-state index is 15.2. The number of carbonyl (C=O) groups excluding carboxylic acids is 1. The van der Waals surface area contributed by atoms with E-state index in [1.807, 2.05) is 32.0 Å². The topological polar surface area (TPSA) is 128 Å². The zero-order valence-electron chi connectivity index (χ0n) is 25.0. The van der Waals surface area contributed by atoms with Gasteiger partial charge in [-0.25, -0.2) is 17.8 Å². The summed E-state index contributed by atoms with van der Waals surface area (Å²) in [5.74, 6) is -0.770.